The Morgan fingerprint density at radius 1 is 1.24 bits per heavy atom. The second kappa shape index (κ2) is 5.33. The van der Waals surface area contributed by atoms with Crippen molar-refractivity contribution in [2.75, 3.05) is 18.0 Å². The Kier molecular flexibility index (Phi) is 3.65. The number of aryl methyl sites for hydroxylation is 2. The van der Waals surface area contributed by atoms with Gasteiger partial charge in [-0.25, -0.2) is 4.98 Å². The van der Waals surface area contributed by atoms with Crippen LogP contribution in [0.1, 0.15) is 56.9 Å². The van der Waals surface area contributed by atoms with Gasteiger partial charge in [0.1, 0.15) is 11.9 Å². The standard InChI is InChI=1S/C18H25N3/c1-18(2,3)15-7-9-21(10-8-15)17-14(12-19)11-13-5-4-6-16(13)20-17/h11,15H,4-10H2,1-3H3. The molecule has 1 aliphatic heterocycles. The topological polar surface area (TPSA) is 39.9 Å². The van der Waals surface area contributed by atoms with Crippen molar-refractivity contribution in [1.82, 2.24) is 4.98 Å². The molecule has 3 nitrogen and oxygen atoms in total. The normalized spacial score (nSPS) is 19.4. The Bertz CT molecular complexity index is 569. The van der Waals surface area contributed by atoms with Gasteiger partial charge in [-0.15, -0.1) is 0 Å². The Morgan fingerprint density at radius 2 is 1.95 bits per heavy atom. The summed E-state index contributed by atoms with van der Waals surface area (Å²) in [4.78, 5) is 7.17. The number of hydrogen-bond donors (Lipinski definition) is 0. The zero-order valence-corrected chi connectivity index (χ0v) is 13.4. The quantitative estimate of drug-likeness (QED) is 0.789. The molecule has 0 bridgehead atoms. The molecular weight excluding hydrogens is 258 g/mol. The number of piperidine rings is 1. The third-order valence-electron chi connectivity index (χ3n) is 5.17. The van der Waals surface area contributed by atoms with E-state index < -0.39 is 0 Å². The number of nitriles is 1. The maximum absolute atomic E-state index is 9.44. The molecule has 1 fully saturated rings. The summed E-state index contributed by atoms with van der Waals surface area (Å²) in [6, 6.07) is 4.44. The Morgan fingerprint density at radius 3 is 2.57 bits per heavy atom. The van der Waals surface area contributed by atoms with Crippen LogP contribution < -0.4 is 4.90 Å². The number of pyridine rings is 1. The highest BCUT2D eigenvalue weighted by Gasteiger charge is 2.30. The van der Waals surface area contributed by atoms with Crippen molar-refractivity contribution < 1.29 is 0 Å². The first-order chi connectivity index (χ1) is 9.99. The number of aromatic nitrogens is 1. The first kappa shape index (κ1) is 14.4. The van der Waals surface area contributed by atoms with Crippen molar-refractivity contribution in [3.05, 3.63) is 22.9 Å². The highest BCUT2D eigenvalue weighted by atomic mass is 15.2. The molecule has 0 saturated carbocycles. The van der Waals surface area contributed by atoms with Gasteiger partial charge in [-0.2, -0.15) is 5.26 Å². The van der Waals surface area contributed by atoms with Gasteiger partial charge in [-0.3, -0.25) is 0 Å². The fourth-order valence-electron chi connectivity index (χ4n) is 3.74. The van der Waals surface area contributed by atoms with E-state index in [2.05, 4.69) is 37.8 Å². The van der Waals surface area contributed by atoms with E-state index >= 15 is 0 Å². The lowest BCUT2D eigenvalue weighted by atomic mass is 9.75. The Labute approximate surface area is 128 Å². The van der Waals surface area contributed by atoms with Crippen LogP contribution in [0.3, 0.4) is 0 Å². The van der Waals surface area contributed by atoms with E-state index in [1.165, 1.54) is 30.5 Å². The van der Waals surface area contributed by atoms with Gasteiger partial charge < -0.3 is 4.90 Å². The van der Waals surface area contributed by atoms with Crippen LogP contribution in [-0.2, 0) is 12.8 Å². The molecule has 0 amide bonds. The summed E-state index contributed by atoms with van der Waals surface area (Å²) in [5, 5.41) is 9.44. The predicted molar refractivity (Wildman–Crippen MR) is 85.4 cm³/mol. The highest BCUT2D eigenvalue weighted by Crippen LogP contribution is 2.36. The summed E-state index contributed by atoms with van der Waals surface area (Å²) in [7, 11) is 0. The number of hydrogen-bond acceptors (Lipinski definition) is 3. The minimum absolute atomic E-state index is 0.384. The zero-order chi connectivity index (χ0) is 15.0. The molecule has 1 aliphatic carbocycles. The SMILES string of the molecule is CC(C)(C)C1CCN(c2nc3c(cc2C#N)CCC3)CC1. The van der Waals surface area contributed by atoms with Crippen LogP contribution >= 0.6 is 0 Å². The third-order valence-corrected chi connectivity index (χ3v) is 5.17. The third kappa shape index (κ3) is 2.77. The largest absolute Gasteiger partial charge is 0.355 e. The van der Waals surface area contributed by atoms with E-state index in [-0.39, 0.29) is 0 Å². The molecular formula is C18H25N3. The van der Waals surface area contributed by atoms with Crippen LogP contribution in [0.4, 0.5) is 5.82 Å². The van der Waals surface area contributed by atoms with E-state index in [1.807, 2.05) is 0 Å². The molecule has 112 valence electrons. The number of fused-ring (bicyclic) bond motifs is 1. The average Bonchev–Trinajstić information content (AvgIpc) is 2.92. The van der Waals surface area contributed by atoms with Crippen molar-refractivity contribution in [2.24, 2.45) is 11.3 Å². The van der Waals surface area contributed by atoms with E-state index in [0.29, 0.717) is 5.41 Å². The molecule has 1 saturated heterocycles. The zero-order valence-electron chi connectivity index (χ0n) is 13.4. The molecule has 0 atom stereocenters. The van der Waals surface area contributed by atoms with Gasteiger partial charge in [0.2, 0.25) is 0 Å². The van der Waals surface area contributed by atoms with E-state index in [1.54, 1.807) is 0 Å². The second-order valence-corrected chi connectivity index (χ2v) is 7.56. The number of anilines is 1. The monoisotopic (exact) mass is 283 g/mol. The van der Waals surface area contributed by atoms with Gasteiger partial charge in [0.15, 0.2) is 0 Å². The fraction of sp³-hybridized carbons (Fsp3) is 0.667. The Hall–Kier alpha value is -1.56. The van der Waals surface area contributed by atoms with Crippen LogP contribution in [0.15, 0.2) is 6.07 Å². The highest BCUT2D eigenvalue weighted by molar-refractivity contribution is 5.57. The van der Waals surface area contributed by atoms with Crippen molar-refractivity contribution in [2.45, 2.75) is 52.9 Å². The van der Waals surface area contributed by atoms with Crippen molar-refractivity contribution in [3.63, 3.8) is 0 Å². The summed E-state index contributed by atoms with van der Waals surface area (Å²) in [6.45, 7) is 9.07. The van der Waals surface area contributed by atoms with Gasteiger partial charge in [-0.1, -0.05) is 20.8 Å². The lowest BCUT2D eigenvalue weighted by Gasteiger charge is -2.39. The molecule has 0 radical (unpaired) electrons. The molecule has 0 unspecified atom stereocenters. The van der Waals surface area contributed by atoms with Gasteiger partial charge >= 0.3 is 0 Å². The lowest BCUT2D eigenvalue weighted by molar-refractivity contribution is 0.198. The molecule has 2 heterocycles. The molecule has 3 heteroatoms. The van der Waals surface area contributed by atoms with Crippen LogP contribution in [0, 0.1) is 22.7 Å². The first-order valence-electron chi connectivity index (χ1n) is 8.17. The molecule has 1 aromatic heterocycles. The van der Waals surface area contributed by atoms with Crippen LogP contribution in [0.25, 0.3) is 0 Å². The van der Waals surface area contributed by atoms with Gasteiger partial charge in [-0.05, 0) is 55.1 Å². The summed E-state index contributed by atoms with van der Waals surface area (Å²) in [6.07, 6.45) is 5.75. The maximum atomic E-state index is 9.44. The summed E-state index contributed by atoms with van der Waals surface area (Å²) >= 11 is 0. The molecule has 0 spiro atoms. The smallest absolute Gasteiger partial charge is 0.146 e. The summed E-state index contributed by atoms with van der Waals surface area (Å²) < 4.78 is 0. The second-order valence-electron chi connectivity index (χ2n) is 7.56. The molecule has 3 rings (SSSR count). The molecule has 1 aromatic rings. The first-order valence-corrected chi connectivity index (χ1v) is 8.17. The van der Waals surface area contributed by atoms with Gasteiger partial charge in [0.25, 0.3) is 0 Å². The number of nitrogens with zero attached hydrogens (tertiary/aromatic N) is 3. The summed E-state index contributed by atoms with van der Waals surface area (Å²) in [5.41, 5.74) is 3.67. The number of rotatable bonds is 1. The van der Waals surface area contributed by atoms with E-state index in [4.69, 9.17) is 4.98 Å². The molecule has 21 heavy (non-hydrogen) atoms. The molecule has 0 N–H and O–H groups in total. The minimum atomic E-state index is 0.384. The minimum Gasteiger partial charge on any atom is -0.355 e. The van der Waals surface area contributed by atoms with Crippen LogP contribution in [0.2, 0.25) is 0 Å². The molecule has 0 aromatic carbocycles. The fourth-order valence-corrected chi connectivity index (χ4v) is 3.74. The van der Waals surface area contributed by atoms with Crippen molar-refractivity contribution in [3.8, 4) is 6.07 Å². The van der Waals surface area contributed by atoms with Crippen LogP contribution in [0.5, 0.6) is 0 Å². The van der Waals surface area contributed by atoms with Crippen molar-refractivity contribution in [1.29, 1.82) is 5.26 Å². The average molecular weight is 283 g/mol. The van der Waals surface area contributed by atoms with E-state index in [0.717, 1.165) is 43.2 Å². The van der Waals surface area contributed by atoms with Gasteiger partial charge in [0, 0.05) is 18.8 Å². The Balaban J connectivity index is 1.81. The maximum Gasteiger partial charge on any atom is 0.146 e. The van der Waals surface area contributed by atoms with Crippen molar-refractivity contribution >= 4 is 5.82 Å². The summed E-state index contributed by atoms with van der Waals surface area (Å²) in [5.74, 6) is 1.71. The van der Waals surface area contributed by atoms with Gasteiger partial charge in [0.05, 0.1) is 5.56 Å². The predicted octanol–water partition coefficient (Wildman–Crippen LogP) is 3.70. The van der Waals surface area contributed by atoms with E-state index in [9.17, 15) is 5.26 Å². The molecule has 2 aliphatic rings. The van der Waals surface area contributed by atoms with Crippen LogP contribution in [-0.4, -0.2) is 18.1 Å². The lowest BCUT2D eigenvalue weighted by Crippen LogP contribution is -2.38.